The Morgan fingerprint density at radius 3 is 2.68 bits per heavy atom. The molecule has 1 N–H and O–H groups in total. The van der Waals surface area contributed by atoms with Crippen LogP contribution in [0.15, 0.2) is 18.3 Å². The minimum Gasteiger partial charge on any atom is -0.354 e. The van der Waals surface area contributed by atoms with E-state index in [0.717, 1.165) is 45.1 Å². The van der Waals surface area contributed by atoms with Crippen LogP contribution in [0, 0.1) is 5.92 Å². The molecule has 4 heteroatoms. The molecule has 1 aromatic rings. The van der Waals surface area contributed by atoms with Crippen molar-refractivity contribution in [2.75, 3.05) is 44.7 Å². The number of hydrogen-bond donors (Lipinski definition) is 1. The predicted octanol–water partition coefficient (Wildman–Crippen LogP) is 1.58. The zero-order valence-corrected chi connectivity index (χ0v) is 12.4. The van der Waals surface area contributed by atoms with Gasteiger partial charge < -0.3 is 15.1 Å². The van der Waals surface area contributed by atoms with Crippen molar-refractivity contribution in [1.29, 1.82) is 0 Å². The lowest BCUT2D eigenvalue weighted by atomic mass is 10.2. The van der Waals surface area contributed by atoms with Gasteiger partial charge in [0.1, 0.15) is 5.82 Å². The van der Waals surface area contributed by atoms with E-state index in [-0.39, 0.29) is 0 Å². The SMILES string of the molecule is CC(C)CNCc1ccnc(N2CCN(C)CC2)c1. The number of piperazine rings is 1. The van der Waals surface area contributed by atoms with Crippen molar-refractivity contribution in [3.05, 3.63) is 23.9 Å². The Kier molecular flexibility index (Phi) is 5.16. The molecular formula is C15H26N4. The number of nitrogens with zero attached hydrogens (tertiary/aromatic N) is 3. The van der Waals surface area contributed by atoms with E-state index in [1.807, 2.05) is 6.20 Å². The molecule has 0 radical (unpaired) electrons. The summed E-state index contributed by atoms with van der Waals surface area (Å²) in [6, 6.07) is 4.32. The summed E-state index contributed by atoms with van der Waals surface area (Å²) in [6.45, 7) is 10.9. The van der Waals surface area contributed by atoms with Gasteiger partial charge >= 0.3 is 0 Å². The van der Waals surface area contributed by atoms with Gasteiger partial charge in [-0.3, -0.25) is 0 Å². The van der Waals surface area contributed by atoms with Crippen LogP contribution >= 0.6 is 0 Å². The number of likely N-dealkylation sites (N-methyl/N-ethyl adjacent to an activating group) is 1. The van der Waals surface area contributed by atoms with Crippen LogP contribution in [0.25, 0.3) is 0 Å². The summed E-state index contributed by atoms with van der Waals surface area (Å²) >= 11 is 0. The molecule has 0 aliphatic carbocycles. The topological polar surface area (TPSA) is 31.4 Å². The van der Waals surface area contributed by atoms with Crippen molar-refractivity contribution in [3.8, 4) is 0 Å². The molecule has 1 fully saturated rings. The predicted molar refractivity (Wildman–Crippen MR) is 80.5 cm³/mol. The summed E-state index contributed by atoms with van der Waals surface area (Å²) in [6.07, 6.45) is 1.93. The molecule has 0 spiro atoms. The van der Waals surface area contributed by atoms with Crippen molar-refractivity contribution < 1.29 is 0 Å². The minimum absolute atomic E-state index is 0.693. The maximum Gasteiger partial charge on any atom is 0.128 e. The van der Waals surface area contributed by atoms with Crippen LogP contribution in [0.2, 0.25) is 0 Å². The Balaban J connectivity index is 1.91. The highest BCUT2D eigenvalue weighted by molar-refractivity contribution is 5.41. The van der Waals surface area contributed by atoms with E-state index in [0.29, 0.717) is 5.92 Å². The molecule has 19 heavy (non-hydrogen) atoms. The molecule has 2 rings (SSSR count). The molecule has 0 amide bonds. The number of rotatable bonds is 5. The molecule has 106 valence electrons. The molecule has 0 atom stereocenters. The van der Waals surface area contributed by atoms with E-state index in [1.54, 1.807) is 0 Å². The van der Waals surface area contributed by atoms with Gasteiger partial charge in [0, 0.05) is 38.9 Å². The van der Waals surface area contributed by atoms with Crippen molar-refractivity contribution in [2.45, 2.75) is 20.4 Å². The van der Waals surface area contributed by atoms with Crippen LogP contribution in [0.5, 0.6) is 0 Å². The zero-order valence-electron chi connectivity index (χ0n) is 12.4. The highest BCUT2D eigenvalue weighted by atomic mass is 15.3. The second kappa shape index (κ2) is 6.87. The Morgan fingerprint density at radius 2 is 2.00 bits per heavy atom. The lowest BCUT2D eigenvalue weighted by Gasteiger charge is -2.33. The fourth-order valence-corrected chi connectivity index (χ4v) is 2.28. The van der Waals surface area contributed by atoms with Crippen LogP contribution in [0.3, 0.4) is 0 Å². The monoisotopic (exact) mass is 262 g/mol. The molecular weight excluding hydrogens is 236 g/mol. The first-order chi connectivity index (χ1) is 9.15. The van der Waals surface area contributed by atoms with Gasteiger partial charge in [-0.25, -0.2) is 4.98 Å². The molecule has 1 aromatic heterocycles. The first-order valence-corrected chi connectivity index (χ1v) is 7.24. The number of hydrogen-bond acceptors (Lipinski definition) is 4. The van der Waals surface area contributed by atoms with Crippen molar-refractivity contribution in [3.63, 3.8) is 0 Å². The highest BCUT2D eigenvalue weighted by Crippen LogP contribution is 2.14. The van der Waals surface area contributed by atoms with Gasteiger partial charge in [0.2, 0.25) is 0 Å². The quantitative estimate of drug-likeness (QED) is 0.873. The van der Waals surface area contributed by atoms with Crippen LogP contribution < -0.4 is 10.2 Å². The summed E-state index contributed by atoms with van der Waals surface area (Å²) in [4.78, 5) is 9.26. The van der Waals surface area contributed by atoms with E-state index in [1.165, 1.54) is 5.56 Å². The van der Waals surface area contributed by atoms with E-state index in [4.69, 9.17) is 0 Å². The van der Waals surface area contributed by atoms with Gasteiger partial charge in [0.25, 0.3) is 0 Å². The van der Waals surface area contributed by atoms with Crippen LogP contribution in [-0.4, -0.2) is 49.7 Å². The first-order valence-electron chi connectivity index (χ1n) is 7.24. The van der Waals surface area contributed by atoms with Crippen LogP contribution in [0.1, 0.15) is 19.4 Å². The number of pyridine rings is 1. The zero-order chi connectivity index (χ0) is 13.7. The molecule has 1 aliphatic heterocycles. The molecule has 1 saturated heterocycles. The van der Waals surface area contributed by atoms with Gasteiger partial charge in [-0.1, -0.05) is 13.8 Å². The molecule has 2 heterocycles. The van der Waals surface area contributed by atoms with Crippen molar-refractivity contribution in [2.24, 2.45) is 5.92 Å². The van der Waals surface area contributed by atoms with E-state index >= 15 is 0 Å². The summed E-state index contributed by atoms with van der Waals surface area (Å²) in [5.74, 6) is 1.82. The third kappa shape index (κ3) is 4.48. The Bertz CT molecular complexity index is 383. The Labute approximate surface area is 116 Å². The maximum atomic E-state index is 4.51. The van der Waals surface area contributed by atoms with E-state index in [9.17, 15) is 0 Å². The highest BCUT2D eigenvalue weighted by Gasteiger charge is 2.15. The van der Waals surface area contributed by atoms with Crippen molar-refractivity contribution in [1.82, 2.24) is 15.2 Å². The van der Waals surface area contributed by atoms with Gasteiger partial charge in [0.05, 0.1) is 0 Å². The van der Waals surface area contributed by atoms with E-state index < -0.39 is 0 Å². The second-order valence-corrected chi connectivity index (χ2v) is 5.84. The molecule has 0 aromatic carbocycles. The Morgan fingerprint density at radius 1 is 1.26 bits per heavy atom. The van der Waals surface area contributed by atoms with Crippen molar-refractivity contribution >= 4 is 5.82 Å². The average Bonchev–Trinajstić information content (AvgIpc) is 2.39. The number of anilines is 1. The fraction of sp³-hybridized carbons (Fsp3) is 0.667. The lowest BCUT2D eigenvalue weighted by Crippen LogP contribution is -2.44. The van der Waals surface area contributed by atoms with Gasteiger partial charge in [-0.05, 0) is 37.2 Å². The maximum absolute atomic E-state index is 4.51. The summed E-state index contributed by atoms with van der Waals surface area (Å²) in [5, 5.41) is 3.48. The summed E-state index contributed by atoms with van der Waals surface area (Å²) < 4.78 is 0. The Hall–Kier alpha value is -1.13. The fourth-order valence-electron chi connectivity index (χ4n) is 2.28. The van der Waals surface area contributed by atoms with Gasteiger partial charge in [-0.2, -0.15) is 0 Å². The third-order valence-electron chi connectivity index (χ3n) is 3.52. The molecule has 0 unspecified atom stereocenters. The molecule has 0 saturated carbocycles. The molecule has 1 aliphatic rings. The summed E-state index contributed by atoms with van der Waals surface area (Å²) in [7, 11) is 2.18. The number of nitrogens with one attached hydrogen (secondary N) is 1. The lowest BCUT2D eigenvalue weighted by molar-refractivity contribution is 0.312. The second-order valence-electron chi connectivity index (χ2n) is 5.84. The smallest absolute Gasteiger partial charge is 0.128 e. The first kappa shape index (κ1) is 14.3. The average molecular weight is 262 g/mol. The molecule has 0 bridgehead atoms. The summed E-state index contributed by atoms with van der Waals surface area (Å²) in [5.41, 5.74) is 1.32. The van der Waals surface area contributed by atoms with Gasteiger partial charge in [0.15, 0.2) is 0 Å². The van der Waals surface area contributed by atoms with Gasteiger partial charge in [-0.15, -0.1) is 0 Å². The third-order valence-corrected chi connectivity index (χ3v) is 3.52. The standard InChI is InChI=1S/C15H26N4/c1-13(2)11-16-12-14-4-5-17-15(10-14)19-8-6-18(3)7-9-19/h4-5,10,13,16H,6-9,11-12H2,1-3H3. The van der Waals surface area contributed by atoms with Crippen LogP contribution in [0.4, 0.5) is 5.82 Å². The largest absolute Gasteiger partial charge is 0.354 e. The molecule has 4 nitrogen and oxygen atoms in total. The normalized spacial score (nSPS) is 17.2. The van der Waals surface area contributed by atoms with E-state index in [2.05, 4.69) is 53.1 Å². The minimum atomic E-state index is 0.693. The van der Waals surface area contributed by atoms with Crippen LogP contribution in [-0.2, 0) is 6.54 Å². The number of aromatic nitrogens is 1.